The molecule has 150 valence electrons. The molecular weight excluding hydrogens is 382 g/mol. The molecule has 0 aliphatic rings. The van der Waals surface area contributed by atoms with E-state index in [1.165, 1.54) is 18.7 Å². The first kappa shape index (κ1) is 20.9. The summed E-state index contributed by atoms with van der Waals surface area (Å²) >= 11 is 1.38. The van der Waals surface area contributed by atoms with Crippen LogP contribution >= 0.6 is 11.8 Å². The average molecular weight is 408 g/mol. The molecule has 0 aliphatic carbocycles. The van der Waals surface area contributed by atoms with Gasteiger partial charge in [-0.2, -0.15) is 0 Å². The summed E-state index contributed by atoms with van der Waals surface area (Å²) in [5.41, 5.74) is 3.15. The number of nitrogens with one attached hydrogen (secondary N) is 1. The highest BCUT2D eigenvalue weighted by Gasteiger charge is 2.19. The predicted molar refractivity (Wildman–Crippen MR) is 117 cm³/mol. The monoisotopic (exact) mass is 407 g/mol. The first-order valence-corrected chi connectivity index (χ1v) is 10.6. The van der Waals surface area contributed by atoms with E-state index in [2.05, 4.69) is 21.8 Å². The van der Waals surface area contributed by atoms with E-state index in [1.807, 2.05) is 66.9 Å². The molecule has 3 rings (SSSR count). The van der Waals surface area contributed by atoms with Crippen LogP contribution in [0.25, 0.3) is 11.3 Å². The average Bonchev–Trinajstić information content (AvgIpc) is 3.16. The molecule has 3 aromatic rings. The number of carbonyl (C=O) groups is 2. The third kappa shape index (κ3) is 5.57. The molecule has 1 amide bonds. The highest BCUT2D eigenvalue weighted by molar-refractivity contribution is 7.99. The zero-order valence-electron chi connectivity index (χ0n) is 16.7. The number of Topliss-reactive ketones (excluding diaryl/α,β-unsaturated/α-hetero) is 1. The van der Waals surface area contributed by atoms with Crippen LogP contribution < -0.4 is 5.32 Å². The number of benzene rings is 2. The maximum absolute atomic E-state index is 12.5. The lowest BCUT2D eigenvalue weighted by molar-refractivity contribution is -0.125. The van der Waals surface area contributed by atoms with Gasteiger partial charge in [-0.15, -0.1) is 0 Å². The normalized spacial score (nSPS) is 11.8. The highest BCUT2D eigenvalue weighted by Crippen LogP contribution is 2.25. The molecule has 5 nitrogen and oxygen atoms in total. The van der Waals surface area contributed by atoms with Crippen molar-refractivity contribution in [3.05, 3.63) is 72.4 Å². The fourth-order valence-electron chi connectivity index (χ4n) is 3.13. The summed E-state index contributed by atoms with van der Waals surface area (Å²) in [5.74, 6) is -0.00393. The van der Waals surface area contributed by atoms with Gasteiger partial charge in [-0.25, -0.2) is 4.98 Å². The molecular formula is C23H25N3O2S. The van der Waals surface area contributed by atoms with E-state index in [0.29, 0.717) is 6.42 Å². The van der Waals surface area contributed by atoms with E-state index >= 15 is 0 Å². The van der Waals surface area contributed by atoms with Crippen molar-refractivity contribution in [3.63, 3.8) is 0 Å². The lowest BCUT2D eigenvalue weighted by Crippen LogP contribution is -2.42. The van der Waals surface area contributed by atoms with Crippen molar-refractivity contribution in [2.45, 2.75) is 38.0 Å². The zero-order valence-corrected chi connectivity index (χ0v) is 17.5. The van der Waals surface area contributed by atoms with Gasteiger partial charge in [0.2, 0.25) is 5.91 Å². The Kier molecular flexibility index (Phi) is 7.25. The Morgan fingerprint density at radius 2 is 1.72 bits per heavy atom. The molecule has 1 aromatic heterocycles. The summed E-state index contributed by atoms with van der Waals surface area (Å²) in [4.78, 5) is 29.0. The van der Waals surface area contributed by atoms with Crippen LogP contribution in [0.2, 0.25) is 0 Å². The molecule has 0 radical (unpaired) electrons. The predicted octanol–water partition coefficient (Wildman–Crippen LogP) is 3.98. The number of thioether (sulfide) groups is 1. The molecule has 0 spiro atoms. The second-order valence-electron chi connectivity index (χ2n) is 6.75. The van der Waals surface area contributed by atoms with Crippen LogP contribution in [0, 0.1) is 0 Å². The number of ketones is 1. The summed E-state index contributed by atoms with van der Waals surface area (Å²) in [6, 6.07) is 19.3. The van der Waals surface area contributed by atoms with Crippen molar-refractivity contribution in [2.24, 2.45) is 0 Å². The van der Waals surface area contributed by atoms with Crippen molar-refractivity contribution in [3.8, 4) is 11.3 Å². The van der Waals surface area contributed by atoms with Crippen molar-refractivity contribution >= 4 is 23.5 Å². The van der Waals surface area contributed by atoms with E-state index in [9.17, 15) is 9.59 Å². The molecule has 1 unspecified atom stereocenters. The fourth-order valence-corrected chi connectivity index (χ4v) is 3.99. The minimum Gasteiger partial charge on any atom is -0.345 e. The number of amides is 1. The summed E-state index contributed by atoms with van der Waals surface area (Å²) < 4.78 is 2.10. The first-order valence-electron chi connectivity index (χ1n) is 9.66. The lowest BCUT2D eigenvalue weighted by atomic mass is 10.0. The topological polar surface area (TPSA) is 64.0 Å². The quantitative estimate of drug-likeness (QED) is 0.545. The Balaban J connectivity index is 1.62. The van der Waals surface area contributed by atoms with E-state index < -0.39 is 6.04 Å². The van der Waals surface area contributed by atoms with Gasteiger partial charge in [0, 0.05) is 6.54 Å². The van der Waals surface area contributed by atoms with Crippen molar-refractivity contribution in [1.29, 1.82) is 0 Å². The Morgan fingerprint density at radius 3 is 2.34 bits per heavy atom. The molecule has 1 atom stereocenters. The van der Waals surface area contributed by atoms with Crippen LogP contribution in [0.1, 0.15) is 19.4 Å². The molecule has 29 heavy (non-hydrogen) atoms. The maximum atomic E-state index is 12.5. The minimum absolute atomic E-state index is 0.0476. The second-order valence-corrected chi connectivity index (χ2v) is 7.69. The van der Waals surface area contributed by atoms with Gasteiger partial charge in [-0.3, -0.25) is 9.59 Å². The van der Waals surface area contributed by atoms with Gasteiger partial charge >= 0.3 is 0 Å². The van der Waals surface area contributed by atoms with Crippen LogP contribution in [0.4, 0.5) is 0 Å². The van der Waals surface area contributed by atoms with Crippen molar-refractivity contribution in [2.75, 3.05) is 5.75 Å². The third-order valence-electron chi connectivity index (χ3n) is 4.65. The van der Waals surface area contributed by atoms with Crippen LogP contribution in [-0.4, -0.2) is 33.0 Å². The molecule has 0 saturated carbocycles. The van der Waals surface area contributed by atoms with Gasteiger partial charge in [0.25, 0.3) is 0 Å². The first-order chi connectivity index (χ1) is 14.1. The number of carbonyl (C=O) groups excluding carboxylic acids is 2. The number of hydrogen-bond donors (Lipinski definition) is 1. The number of imidazole rings is 1. The molecule has 1 N–H and O–H groups in total. The maximum Gasteiger partial charge on any atom is 0.231 e. The zero-order chi connectivity index (χ0) is 20.6. The molecule has 0 bridgehead atoms. The Bertz CT molecular complexity index is 955. The summed E-state index contributed by atoms with van der Waals surface area (Å²) in [7, 11) is 0. The van der Waals surface area contributed by atoms with Crippen LogP contribution in [0.5, 0.6) is 0 Å². The van der Waals surface area contributed by atoms with Crippen molar-refractivity contribution in [1.82, 2.24) is 14.9 Å². The minimum atomic E-state index is -0.517. The summed E-state index contributed by atoms with van der Waals surface area (Å²) in [6.07, 6.45) is 2.33. The number of rotatable bonds is 9. The van der Waals surface area contributed by atoms with Gasteiger partial charge in [0.1, 0.15) is 0 Å². The van der Waals surface area contributed by atoms with Gasteiger partial charge in [0.05, 0.1) is 23.7 Å². The lowest BCUT2D eigenvalue weighted by Gasteiger charge is -2.16. The van der Waals surface area contributed by atoms with E-state index in [-0.39, 0.29) is 17.4 Å². The van der Waals surface area contributed by atoms with Crippen LogP contribution in [0.3, 0.4) is 0 Å². The SMILES string of the molecule is CCn1c(-c2ccccc2)cnc1SCC(=O)NC(Cc1ccccc1)C(C)=O. The molecule has 1 heterocycles. The summed E-state index contributed by atoms with van der Waals surface area (Å²) in [6.45, 7) is 4.33. The Hall–Kier alpha value is -2.86. The second kappa shape index (κ2) is 10.1. The van der Waals surface area contributed by atoms with Gasteiger partial charge in [-0.1, -0.05) is 72.4 Å². The van der Waals surface area contributed by atoms with E-state index in [4.69, 9.17) is 0 Å². The Morgan fingerprint density at radius 1 is 1.07 bits per heavy atom. The van der Waals surface area contributed by atoms with Gasteiger partial charge in [-0.05, 0) is 31.4 Å². The Labute approximate surface area is 175 Å². The standard InChI is InChI=1S/C23H25N3O2S/c1-3-26-21(19-12-8-5-9-13-19)15-24-23(26)29-16-22(28)25-20(17(2)27)14-18-10-6-4-7-11-18/h4-13,15,20H,3,14,16H2,1-2H3,(H,25,28). The molecule has 2 aromatic carbocycles. The molecule has 0 fully saturated rings. The molecule has 0 aliphatic heterocycles. The number of nitrogens with zero attached hydrogens (tertiary/aromatic N) is 2. The molecule has 0 saturated heterocycles. The van der Waals surface area contributed by atoms with Crippen LogP contribution in [0.15, 0.2) is 72.0 Å². The van der Waals surface area contributed by atoms with E-state index in [0.717, 1.165) is 28.5 Å². The largest absolute Gasteiger partial charge is 0.345 e. The summed E-state index contributed by atoms with van der Waals surface area (Å²) in [5, 5.41) is 3.66. The highest BCUT2D eigenvalue weighted by atomic mass is 32.2. The smallest absolute Gasteiger partial charge is 0.231 e. The van der Waals surface area contributed by atoms with Crippen LogP contribution in [-0.2, 0) is 22.6 Å². The van der Waals surface area contributed by atoms with Gasteiger partial charge < -0.3 is 9.88 Å². The van der Waals surface area contributed by atoms with Gasteiger partial charge in [0.15, 0.2) is 10.9 Å². The molecule has 6 heteroatoms. The third-order valence-corrected chi connectivity index (χ3v) is 5.64. The van der Waals surface area contributed by atoms with Crippen molar-refractivity contribution < 1.29 is 9.59 Å². The number of aromatic nitrogens is 2. The fraction of sp³-hybridized carbons (Fsp3) is 0.261. The van der Waals surface area contributed by atoms with E-state index in [1.54, 1.807) is 0 Å². The number of hydrogen-bond acceptors (Lipinski definition) is 4.